The van der Waals surface area contributed by atoms with Crippen molar-refractivity contribution >= 4 is 24.6 Å². The van der Waals surface area contributed by atoms with Crippen molar-refractivity contribution in [1.82, 2.24) is 0 Å². The van der Waals surface area contributed by atoms with E-state index in [4.69, 9.17) is 9.84 Å². The Labute approximate surface area is 188 Å². The number of hydrogen-bond donors (Lipinski definition) is 1. The smallest absolute Gasteiger partial charge is 0.447 e. The minimum Gasteiger partial charge on any atom is -0.447 e. The van der Waals surface area contributed by atoms with E-state index in [9.17, 15) is 19.2 Å². The zero-order valence-corrected chi connectivity index (χ0v) is 19.3. The van der Waals surface area contributed by atoms with Crippen molar-refractivity contribution in [1.29, 1.82) is 0 Å². The maximum atomic E-state index is 10.9. The Balaban J connectivity index is 0. The highest BCUT2D eigenvalue weighted by atomic mass is 17.3. The number of carbonyl (C=O) groups excluding carboxylic acids is 3. The number of carbonyl (C=O) groups is 4. The van der Waals surface area contributed by atoms with Gasteiger partial charge in [-0.15, -0.1) is 0 Å². The molecule has 0 heterocycles. The second kappa shape index (κ2) is 22.8. The number of unbranched alkanes of at least 4 members (excludes halogenated alkanes) is 4. The van der Waals surface area contributed by atoms with Gasteiger partial charge in [0.2, 0.25) is 0 Å². The summed E-state index contributed by atoms with van der Waals surface area (Å²) in [5.74, 6) is 0. The lowest BCUT2D eigenvalue weighted by atomic mass is 10.1. The lowest BCUT2D eigenvalue weighted by Crippen LogP contribution is -2.19. The van der Waals surface area contributed by atoms with Gasteiger partial charge in [0.15, 0.2) is 0 Å². The standard InChI is InChI=1S/2C10H18O6/c1-3-5-6-7-8(4-2)14-10(13)16-15-9(11)12;1-3-5-7-13-9(11)15-16-10(12)14-8-6-4-2/h8H,3-7H2,1-2H3,(H,11,12);3-8H2,1-2H3. The summed E-state index contributed by atoms with van der Waals surface area (Å²) in [6.45, 7) is 8.35. The van der Waals surface area contributed by atoms with E-state index >= 15 is 0 Å². The van der Waals surface area contributed by atoms with E-state index in [0.29, 0.717) is 6.42 Å². The maximum absolute atomic E-state index is 10.9. The van der Waals surface area contributed by atoms with Crippen LogP contribution in [0, 0.1) is 0 Å². The van der Waals surface area contributed by atoms with Crippen molar-refractivity contribution in [3.05, 3.63) is 0 Å². The van der Waals surface area contributed by atoms with Crippen molar-refractivity contribution in [2.45, 2.75) is 91.6 Å². The fourth-order valence-corrected chi connectivity index (χ4v) is 1.91. The van der Waals surface area contributed by atoms with Gasteiger partial charge in [-0.2, -0.15) is 29.0 Å². The second-order valence-electron chi connectivity index (χ2n) is 6.40. The Morgan fingerprint density at radius 1 is 0.656 bits per heavy atom. The summed E-state index contributed by atoms with van der Waals surface area (Å²) in [4.78, 5) is 58.0. The van der Waals surface area contributed by atoms with Crippen LogP contribution in [0.2, 0.25) is 0 Å². The minimum atomic E-state index is -1.68. The molecule has 0 aliphatic carbocycles. The van der Waals surface area contributed by atoms with Crippen LogP contribution in [0.15, 0.2) is 0 Å². The number of carboxylic acid groups (broad SMARTS) is 1. The molecular weight excluding hydrogens is 432 g/mol. The van der Waals surface area contributed by atoms with Crippen LogP contribution in [0.5, 0.6) is 0 Å². The van der Waals surface area contributed by atoms with Gasteiger partial charge in [0.05, 0.1) is 13.2 Å². The van der Waals surface area contributed by atoms with E-state index in [0.717, 1.165) is 51.4 Å². The van der Waals surface area contributed by atoms with Crippen LogP contribution < -0.4 is 0 Å². The summed E-state index contributed by atoms with van der Waals surface area (Å²) in [6.07, 6.45) is 2.64. The molecule has 0 amide bonds. The number of rotatable bonds is 12. The highest BCUT2D eigenvalue weighted by Gasteiger charge is 2.16. The SMILES string of the molecule is CCCCCC(CC)OC(=O)OOC(=O)O.CCCCOC(=O)OOC(=O)OCCCC. The predicted molar refractivity (Wildman–Crippen MR) is 110 cm³/mol. The molecule has 0 aliphatic rings. The Bertz CT molecular complexity index is 487. The lowest BCUT2D eigenvalue weighted by molar-refractivity contribution is -0.217. The van der Waals surface area contributed by atoms with Crippen LogP contribution in [0.25, 0.3) is 0 Å². The topological polar surface area (TPSA) is 153 Å². The van der Waals surface area contributed by atoms with Crippen LogP contribution in [-0.2, 0) is 33.8 Å². The molecule has 0 aromatic carbocycles. The Morgan fingerprint density at radius 3 is 1.53 bits per heavy atom. The molecule has 0 bridgehead atoms. The summed E-state index contributed by atoms with van der Waals surface area (Å²) in [7, 11) is 0. The molecule has 0 spiro atoms. The fraction of sp³-hybridized carbons (Fsp3) is 0.800. The zero-order chi connectivity index (χ0) is 24.6. The molecular formula is C20H36O12. The number of hydrogen-bond acceptors (Lipinski definition) is 11. The normalized spacial score (nSPS) is 10.5. The highest BCUT2D eigenvalue weighted by molar-refractivity contribution is 5.63. The summed E-state index contributed by atoms with van der Waals surface area (Å²) < 4.78 is 14.0. The third-order valence-corrected chi connectivity index (χ3v) is 3.64. The van der Waals surface area contributed by atoms with Gasteiger partial charge in [-0.25, -0.2) is 9.68 Å². The predicted octanol–water partition coefficient (Wildman–Crippen LogP) is 5.92. The van der Waals surface area contributed by atoms with Gasteiger partial charge in [0.1, 0.15) is 6.10 Å². The van der Waals surface area contributed by atoms with Gasteiger partial charge in [-0.3, -0.25) is 0 Å². The first-order valence-corrected chi connectivity index (χ1v) is 10.8. The first-order valence-electron chi connectivity index (χ1n) is 10.8. The highest BCUT2D eigenvalue weighted by Crippen LogP contribution is 2.11. The molecule has 0 rings (SSSR count). The first-order chi connectivity index (χ1) is 15.3. The second-order valence-corrected chi connectivity index (χ2v) is 6.40. The zero-order valence-electron chi connectivity index (χ0n) is 19.3. The van der Waals surface area contributed by atoms with Gasteiger partial charge in [-0.1, -0.05) is 53.4 Å². The van der Waals surface area contributed by atoms with Crippen LogP contribution in [0.1, 0.15) is 85.5 Å². The van der Waals surface area contributed by atoms with Gasteiger partial charge < -0.3 is 19.3 Å². The van der Waals surface area contributed by atoms with Gasteiger partial charge in [-0.05, 0) is 32.1 Å². The Hall–Kier alpha value is -2.92. The van der Waals surface area contributed by atoms with Crippen molar-refractivity contribution < 1.29 is 58.0 Å². The van der Waals surface area contributed by atoms with Gasteiger partial charge in [0, 0.05) is 0 Å². The van der Waals surface area contributed by atoms with Crippen LogP contribution in [-0.4, -0.2) is 49.0 Å². The van der Waals surface area contributed by atoms with Crippen LogP contribution in [0.3, 0.4) is 0 Å². The van der Waals surface area contributed by atoms with Gasteiger partial charge >= 0.3 is 24.6 Å². The van der Waals surface area contributed by atoms with E-state index in [2.05, 4.69) is 35.9 Å². The average molecular weight is 468 g/mol. The largest absolute Gasteiger partial charge is 0.550 e. The maximum Gasteiger partial charge on any atom is 0.550 e. The molecule has 32 heavy (non-hydrogen) atoms. The molecule has 0 aromatic heterocycles. The van der Waals surface area contributed by atoms with E-state index in [1.807, 2.05) is 20.8 Å². The molecule has 0 aromatic rings. The lowest BCUT2D eigenvalue weighted by Gasteiger charge is -2.14. The summed E-state index contributed by atoms with van der Waals surface area (Å²) >= 11 is 0. The third kappa shape index (κ3) is 23.4. The molecule has 12 heteroatoms. The van der Waals surface area contributed by atoms with E-state index in [-0.39, 0.29) is 19.3 Å². The van der Waals surface area contributed by atoms with E-state index < -0.39 is 24.6 Å². The average Bonchev–Trinajstić information content (AvgIpc) is 2.76. The molecule has 12 nitrogen and oxygen atoms in total. The Kier molecular flexibility index (Phi) is 22.2. The summed E-state index contributed by atoms with van der Waals surface area (Å²) in [5, 5.41) is 8.07. The van der Waals surface area contributed by atoms with Gasteiger partial charge in [0.25, 0.3) is 0 Å². The van der Waals surface area contributed by atoms with Crippen molar-refractivity contribution in [2.75, 3.05) is 13.2 Å². The molecule has 0 aliphatic heterocycles. The monoisotopic (exact) mass is 468 g/mol. The van der Waals surface area contributed by atoms with Crippen LogP contribution in [0.4, 0.5) is 19.2 Å². The minimum absolute atomic E-state index is 0.240. The van der Waals surface area contributed by atoms with Crippen molar-refractivity contribution in [2.24, 2.45) is 0 Å². The Morgan fingerprint density at radius 2 is 1.12 bits per heavy atom. The molecule has 1 unspecified atom stereocenters. The molecule has 0 radical (unpaired) electrons. The fourth-order valence-electron chi connectivity index (χ4n) is 1.91. The molecule has 188 valence electrons. The molecule has 1 atom stereocenters. The summed E-state index contributed by atoms with van der Waals surface area (Å²) in [6, 6.07) is 0. The molecule has 0 fully saturated rings. The van der Waals surface area contributed by atoms with Crippen LogP contribution >= 0.6 is 0 Å². The van der Waals surface area contributed by atoms with Crippen molar-refractivity contribution in [3.8, 4) is 0 Å². The first kappa shape index (κ1) is 31.3. The summed E-state index contributed by atoms with van der Waals surface area (Å²) in [5.41, 5.74) is 0. The van der Waals surface area contributed by atoms with E-state index in [1.54, 1.807) is 0 Å². The third-order valence-electron chi connectivity index (χ3n) is 3.64. The quantitative estimate of drug-likeness (QED) is 0.119. The van der Waals surface area contributed by atoms with Crippen molar-refractivity contribution in [3.63, 3.8) is 0 Å². The molecule has 0 saturated heterocycles. The molecule has 0 saturated carbocycles. The van der Waals surface area contributed by atoms with E-state index in [1.165, 1.54) is 0 Å². The number of ether oxygens (including phenoxy) is 3. The molecule has 1 N–H and O–H groups in total.